The Labute approximate surface area is 76.8 Å². The van der Waals surface area contributed by atoms with E-state index in [4.69, 9.17) is 24.5 Å². The summed E-state index contributed by atoms with van der Waals surface area (Å²) in [6.45, 7) is 0. The molecule has 0 atom stereocenters. The molecular weight excluding hydrogens is 200 g/mol. The van der Waals surface area contributed by atoms with E-state index in [1.54, 1.807) is 12.1 Å². The summed E-state index contributed by atoms with van der Waals surface area (Å²) in [7, 11) is 3.73. The Morgan fingerprint density at radius 1 is 1.25 bits per heavy atom. The minimum Gasteiger partial charge on any atom is -0.497 e. The van der Waals surface area contributed by atoms with Crippen LogP contribution in [0.15, 0.2) is 29.2 Å². The lowest BCUT2D eigenvalue weighted by atomic mass is 10.3. The van der Waals surface area contributed by atoms with Crippen molar-refractivity contribution in [3.05, 3.63) is 24.3 Å². The highest BCUT2D eigenvalue weighted by Gasteiger charge is 2.10. The first-order valence-corrected chi connectivity index (χ1v) is 5.53. The lowest BCUT2D eigenvalue weighted by molar-refractivity contribution is 0.414. The molecule has 0 unspecified atom stereocenters. The molecule has 0 aliphatic rings. The van der Waals surface area contributed by atoms with Crippen molar-refractivity contribution in [2.24, 2.45) is 0 Å². The number of methoxy groups -OCH3 is 1. The maximum Gasteiger partial charge on any atom is 0.118 e. The van der Waals surface area contributed by atoms with Crippen molar-refractivity contribution < 1.29 is 13.8 Å². The lowest BCUT2D eigenvalue weighted by Gasteiger charge is -2.22. The summed E-state index contributed by atoms with van der Waals surface area (Å²) in [4.78, 5) is 0.296. The minimum atomic E-state index is -3.11. The second kappa shape index (κ2) is 3.53. The third-order valence-electron chi connectivity index (χ3n) is 1.36. The van der Waals surface area contributed by atoms with Gasteiger partial charge in [0.25, 0.3) is 0 Å². The summed E-state index contributed by atoms with van der Waals surface area (Å²) in [6, 6.07) is 6.26. The van der Waals surface area contributed by atoms with Gasteiger partial charge in [0.2, 0.25) is 0 Å². The quantitative estimate of drug-likeness (QED) is 0.786. The molecule has 0 spiro atoms. The molecule has 2 N–H and O–H groups in total. The Bertz CT molecular complexity index is 254. The van der Waals surface area contributed by atoms with Gasteiger partial charge in [0.1, 0.15) is 5.75 Å². The van der Waals surface area contributed by atoms with E-state index in [0.29, 0.717) is 10.6 Å². The molecule has 3 nitrogen and oxygen atoms in total. The first-order valence-electron chi connectivity index (χ1n) is 3.16. The molecule has 0 bridgehead atoms. The third kappa shape index (κ3) is 2.28. The molecule has 0 aliphatic heterocycles. The molecule has 0 saturated heterocycles. The van der Waals surface area contributed by atoms with E-state index in [-0.39, 0.29) is 0 Å². The highest BCUT2D eigenvalue weighted by Crippen LogP contribution is 2.52. The molecule has 0 aromatic heterocycles. The molecule has 0 saturated carbocycles. The van der Waals surface area contributed by atoms with E-state index in [2.05, 4.69) is 0 Å². The minimum absolute atomic E-state index is 0.296. The Balaban J connectivity index is 2.93. The molecule has 0 amide bonds. The van der Waals surface area contributed by atoms with E-state index < -0.39 is 9.80 Å². The molecule has 68 valence electrons. The maximum absolute atomic E-state index is 9.02. The number of ether oxygens (including phenoxy) is 1. The number of hydrogen-bond donors (Lipinski definition) is 2. The average molecular weight is 209 g/mol. The van der Waals surface area contributed by atoms with Crippen molar-refractivity contribution >= 4 is 20.5 Å². The second-order valence-corrected chi connectivity index (χ2v) is 4.88. The van der Waals surface area contributed by atoms with Crippen molar-refractivity contribution in [3.8, 4) is 5.75 Å². The monoisotopic (exact) mass is 208 g/mol. The van der Waals surface area contributed by atoms with Gasteiger partial charge in [-0.3, -0.25) is 9.11 Å². The first kappa shape index (κ1) is 9.67. The van der Waals surface area contributed by atoms with Crippen molar-refractivity contribution in [1.82, 2.24) is 0 Å². The van der Waals surface area contributed by atoms with Crippen LogP contribution in [0.1, 0.15) is 0 Å². The summed E-state index contributed by atoms with van der Waals surface area (Å²) in [5, 5.41) is 0. The zero-order valence-electron chi connectivity index (χ0n) is 6.40. The number of benzene rings is 1. The van der Waals surface area contributed by atoms with E-state index in [0.717, 1.165) is 0 Å². The van der Waals surface area contributed by atoms with E-state index in [1.807, 2.05) is 0 Å². The molecule has 1 aromatic carbocycles. The van der Waals surface area contributed by atoms with Crippen molar-refractivity contribution in [2.75, 3.05) is 7.11 Å². The van der Waals surface area contributed by atoms with Crippen LogP contribution < -0.4 is 4.74 Å². The normalized spacial score (nSPS) is 12.7. The highest BCUT2D eigenvalue weighted by atomic mass is 35.7. The fourth-order valence-corrected chi connectivity index (χ4v) is 1.54. The van der Waals surface area contributed by atoms with Gasteiger partial charge in [-0.2, -0.15) is 0 Å². The van der Waals surface area contributed by atoms with Crippen LogP contribution in [0.3, 0.4) is 0 Å². The first-order chi connectivity index (χ1) is 5.54. The Kier molecular flexibility index (Phi) is 2.85. The lowest BCUT2D eigenvalue weighted by Crippen LogP contribution is -1.89. The predicted octanol–water partition coefficient (Wildman–Crippen LogP) is 2.96. The van der Waals surface area contributed by atoms with Crippen LogP contribution in [0.5, 0.6) is 5.75 Å². The molecule has 1 aromatic rings. The van der Waals surface area contributed by atoms with E-state index in [1.165, 1.54) is 19.2 Å². The molecule has 0 radical (unpaired) electrons. The predicted molar refractivity (Wildman–Crippen MR) is 50.0 cm³/mol. The maximum atomic E-state index is 9.02. The van der Waals surface area contributed by atoms with Gasteiger partial charge in [-0.15, -0.1) is 0 Å². The Morgan fingerprint density at radius 3 is 2.08 bits per heavy atom. The number of halogens is 1. The molecule has 0 fully saturated rings. The van der Waals surface area contributed by atoms with Gasteiger partial charge in [0.15, 0.2) is 0 Å². The van der Waals surface area contributed by atoms with Crippen molar-refractivity contribution in [2.45, 2.75) is 4.90 Å². The largest absolute Gasteiger partial charge is 0.497 e. The topological polar surface area (TPSA) is 49.7 Å². The zero-order valence-corrected chi connectivity index (χ0v) is 7.97. The van der Waals surface area contributed by atoms with Crippen LogP contribution in [0.25, 0.3) is 0 Å². The SMILES string of the molecule is COc1ccc(S(O)(O)Cl)cc1. The van der Waals surface area contributed by atoms with Gasteiger partial charge in [-0.05, 0) is 24.3 Å². The standard InChI is InChI=1S/C7H9ClO3S/c1-11-6-2-4-7(5-3-6)12(8,9)10/h2-5,9-10H,1H3. The van der Waals surface area contributed by atoms with Crippen molar-refractivity contribution in [1.29, 1.82) is 0 Å². The highest BCUT2D eigenvalue weighted by molar-refractivity contribution is 8.43. The molecular formula is C7H9ClO3S. The summed E-state index contributed by atoms with van der Waals surface area (Å²) in [5.74, 6) is 0.652. The Hall–Kier alpha value is -0.420. The van der Waals surface area contributed by atoms with Gasteiger partial charge in [-0.25, -0.2) is 0 Å². The molecule has 5 heteroatoms. The van der Waals surface area contributed by atoms with Crippen LogP contribution in [-0.2, 0) is 0 Å². The van der Waals surface area contributed by atoms with E-state index >= 15 is 0 Å². The van der Waals surface area contributed by atoms with Crippen LogP contribution >= 0.6 is 20.5 Å². The number of rotatable bonds is 2. The number of hydrogen-bond acceptors (Lipinski definition) is 3. The Morgan fingerprint density at radius 2 is 1.75 bits per heavy atom. The molecule has 12 heavy (non-hydrogen) atoms. The zero-order chi connectivity index (χ0) is 9.19. The van der Waals surface area contributed by atoms with Crippen LogP contribution in [-0.4, -0.2) is 16.2 Å². The second-order valence-electron chi connectivity index (χ2n) is 2.15. The molecule has 1 rings (SSSR count). The average Bonchev–Trinajstić information content (AvgIpc) is 2.03. The van der Waals surface area contributed by atoms with Crippen LogP contribution in [0.2, 0.25) is 0 Å². The van der Waals surface area contributed by atoms with Crippen molar-refractivity contribution in [3.63, 3.8) is 0 Å². The summed E-state index contributed by atoms with van der Waals surface area (Å²) in [5.41, 5.74) is 0. The molecule has 0 aliphatic carbocycles. The van der Waals surface area contributed by atoms with Gasteiger partial charge < -0.3 is 4.74 Å². The van der Waals surface area contributed by atoms with Gasteiger partial charge in [0.05, 0.1) is 12.0 Å². The van der Waals surface area contributed by atoms with Gasteiger partial charge in [0, 0.05) is 10.7 Å². The third-order valence-corrected chi connectivity index (χ3v) is 2.77. The van der Waals surface area contributed by atoms with Crippen LogP contribution in [0.4, 0.5) is 0 Å². The fraction of sp³-hybridized carbons (Fsp3) is 0.143. The summed E-state index contributed by atoms with van der Waals surface area (Å²) in [6.07, 6.45) is 0. The van der Waals surface area contributed by atoms with Crippen LogP contribution in [0, 0.1) is 0 Å². The summed E-state index contributed by atoms with van der Waals surface area (Å²) >= 11 is 0. The molecule has 0 heterocycles. The van der Waals surface area contributed by atoms with Gasteiger partial charge in [-0.1, -0.05) is 9.80 Å². The smallest absolute Gasteiger partial charge is 0.118 e. The fourth-order valence-electron chi connectivity index (χ4n) is 0.749. The van der Waals surface area contributed by atoms with E-state index in [9.17, 15) is 0 Å². The summed E-state index contributed by atoms with van der Waals surface area (Å²) < 4.78 is 22.9. The van der Waals surface area contributed by atoms with Gasteiger partial charge >= 0.3 is 0 Å².